The smallest absolute Gasteiger partial charge is 0.149 e. The fraction of sp³-hybridized carbons (Fsp3) is 0.231. The van der Waals surface area contributed by atoms with Gasteiger partial charge < -0.3 is 0 Å². The zero-order valence-corrected chi connectivity index (χ0v) is 10.1. The molecule has 0 unspecified atom stereocenters. The van der Waals surface area contributed by atoms with E-state index >= 15 is 0 Å². The fourth-order valence-electron chi connectivity index (χ4n) is 1.51. The quantitative estimate of drug-likeness (QED) is 0.784. The number of aromatic nitrogens is 2. The van der Waals surface area contributed by atoms with Crippen LogP contribution >= 0.6 is 11.6 Å². The lowest BCUT2D eigenvalue weighted by Crippen LogP contribution is -1.89. The van der Waals surface area contributed by atoms with Gasteiger partial charge in [0.05, 0.1) is 5.69 Å². The highest BCUT2D eigenvalue weighted by atomic mass is 35.5. The van der Waals surface area contributed by atoms with Crippen LogP contribution in [0.15, 0.2) is 36.4 Å². The molecule has 0 saturated carbocycles. The van der Waals surface area contributed by atoms with Crippen molar-refractivity contribution in [2.75, 3.05) is 0 Å². The van der Waals surface area contributed by atoms with Gasteiger partial charge in [0.25, 0.3) is 0 Å². The first kappa shape index (κ1) is 11.1. The molecule has 3 heteroatoms. The molecule has 2 aromatic rings. The molecule has 0 spiro atoms. The highest BCUT2D eigenvalue weighted by Gasteiger charge is 2.02. The van der Waals surface area contributed by atoms with E-state index in [4.69, 9.17) is 11.6 Å². The van der Waals surface area contributed by atoms with E-state index in [0.717, 1.165) is 11.3 Å². The molecule has 0 N–H and O–H groups in total. The first-order valence-electron chi connectivity index (χ1n) is 5.26. The van der Waals surface area contributed by atoms with Gasteiger partial charge in [0, 0.05) is 5.56 Å². The maximum absolute atomic E-state index is 5.69. The average molecular weight is 233 g/mol. The van der Waals surface area contributed by atoms with E-state index in [1.165, 1.54) is 5.56 Å². The third-order valence-electron chi connectivity index (χ3n) is 2.51. The highest BCUT2D eigenvalue weighted by Crippen LogP contribution is 2.21. The molecule has 1 heterocycles. The Morgan fingerprint density at radius 1 is 0.938 bits per heavy atom. The third kappa shape index (κ3) is 2.39. The Hall–Kier alpha value is -1.41. The molecular formula is C13H13ClN2. The number of halogens is 1. The number of benzene rings is 1. The lowest BCUT2D eigenvalue weighted by Gasteiger charge is -2.06. The Balaban J connectivity index is 2.31. The van der Waals surface area contributed by atoms with Crippen molar-refractivity contribution in [3.8, 4) is 11.3 Å². The van der Waals surface area contributed by atoms with Crippen LogP contribution in [0.2, 0.25) is 5.15 Å². The minimum absolute atomic E-state index is 0.419. The molecule has 0 aliphatic heterocycles. The van der Waals surface area contributed by atoms with Gasteiger partial charge in [-0.05, 0) is 23.6 Å². The Bertz CT molecular complexity index is 460. The number of nitrogens with zero attached hydrogens (tertiary/aromatic N) is 2. The number of hydrogen-bond acceptors (Lipinski definition) is 2. The van der Waals surface area contributed by atoms with Crippen molar-refractivity contribution < 1.29 is 0 Å². The molecular weight excluding hydrogens is 220 g/mol. The molecule has 0 atom stereocenters. The topological polar surface area (TPSA) is 25.8 Å². The lowest BCUT2D eigenvalue weighted by atomic mass is 10.0. The molecule has 0 amide bonds. The highest BCUT2D eigenvalue weighted by molar-refractivity contribution is 6.29. The SMILES string of the molecule is CC(C)c1ccc(-c2ccc(Cl)nn2)cc1. The Morgan fingerprint density at radius 3 is 2.12 bits per heavy atom. The van der Waals surface area contributed by atoms with Gasteiger partial charge in [-0.15, -0.1) is 10.2 Å². The Labute approximate surface area is 100 Å². The maximum Gasteiger partial charge on any atom is 0.151 e. The zero-order valence-electron chi connectivity index (χ0n) is 9.31. The Kier molecular flexibility index (Phi) is 3.20. The number of rotatable bonds is 2. The molecule has 2 nitrogen and oxygen atoms in total. The van der Waals surface area contributed by atoms with E-state index in [0.29, 0.717) is 11.1 Å². The summed E-state index contributed by atoms with van der Waals surface area (Å²) in [6, 6.07) is 12.0. The summed E-state index contributed by atoms with van der Waals surface area (Å²) < 4.78 is 0. The van der Waals surface area contributed by atoms with Gasteiger partial charge in [-0.2, -0.15) is 0 Å². The third-order valence-corrected chi connectivity index (χ3v) is 2.71. The molecule has 0 radical (unpaired) electrons. The summed E-state index contributed by atoms with van der Waals surface area (Å²) in [5, 5.41) is 8.29. The van der Waals surface area contributed by atoms with Crippen molar-refractivity contribution in [2.45, 2.75) is 19.8 Å². The summed E-state index contributed by atoms with van der Waals surface area (Å²) in [7, 11) is 0. The maximum atomic E-state index is 5.69. The molecule has 0 fully saturated rings. The van der Waals surface area contributed by atoms with Crippen LogP contribution in [0.25, 0.3) is 11.3 Å². The van der Waals surface area contributed by atoms with Crippen LogP contribution in [-0.2, 0) is 0 Å². The zero-order chi connectivity index (χ0) is 11.5. The molecule has 1 aromatic carbocycles. The standard InChI is InChI=1S/C13H13ClN2/c1-9(2)10-3-5-11(6-4-10)12-7-8-13(14)16-15-12/h3-9H,1-2H3. The molecule has 0 saturated heterocycles. The van der Waals surface area contributed by atoms with E-state index in [-0.39, 0.29) is 0 Å². The predicted octanol–water partition coefficient (Wildman–Crippen LogP) is 3.92. The van der Waals surface area contributed by atoms with Crippen LogP contribution in [0.5, 0.6) is 0 Å². The normalized spacial score (nSPS) is 10.8. The van der Waals surface area contributed by atoms with Gasteiger partial charge in [-0.25, -0.2) is 0 Å². The molecule has 0 bridgehead atoms. The predicted molar refractivity (Wildman–Crippen MR) is 66.6 cm³/mol. The number of hydrogen-bond donors (Lipinski definition) is 0. The summed E-state index contributed by atoms with van der Waals surface area (Å²) >= 11 is 5.69. The molecule has 2 rings (SSSR count). The fourth-order valence-corrected chi connectivity index (χ4v) is 1.61. The summed E-state index contributed by atoms with van der Waals surface area (Å²) in [4.78, 5) is 0. The monoisotopic (exact) mass is 232 g/mol. The van der Waals surface area contributed by atoms with E-state index < -0.39 is 0 Å². The van der Waals surface area contributed by atoms with Gasteiger partial charge in [-0.1, -0.05) is 49.7 Å². The van der Waals surface area contributed by atoms with Crippen LogP contribution in [0.1, 0.15) is 25.3 Å². The van der Waals surface area contributed by atoms with Crippen LogP contribution in [0, 0.1) is 0 Å². The van der Waals surface area contributed by atoms with Crippen molar-refractivity contribution in [3.05, 3.63) is 47.1 Å². The van der Waals surface area contributed by atoms with Crippen molar-refractivity contribution in [1.82, 2.24) is 10.2 Å². The summed E-state index contributed by atoms with van der Waals surface area (Å²) in [5.41, 5.74) is 3.24. The molecule has 1 aromatic heterocycles. The largest absolute Gasteiger partial charge is 0.151 e. The van der Waals surface area contributed by atoms with Crippen molar-refractivity contribution in [2.24, 2.45) is 0 Å². The summed E-state index contributed by atoms with van der Waals surface area (Å²) in [6.07, 6.45) is 0. The first-order valence-corrected chi connectivity index (χ1v) is 5.64. The van der Waals surface area contributed by atoms with Gasteiger partial charge in [0.1, 0.15) is 0 Å². The van der Waals surface area contributed by atoms with Crippen molar-refractivity contribution in [3.63, 3.8) is 0 Å². The van der Waals surface area contributed by atoms with Gasteiger partial charge in [0.15, 0.2) is 5.15 Å². The summed E-state index contributed by atoms with van der Waals surface area (Å²) in [5.74, 6) is 0.547. The van der Waals surface area contributed by atoms with E-state index in [1.54, 1.807) is 6.07 Å². The lowest BCUT2D eigenvalue weighted by molar-refractivity contribution is 0.867. The van der Waals surface area contributed by atoms with Crippen LogP contribution in [0.4, 0.5) is 0 Å². The van der Waals surface area contributed by atoms with Gasteiger partial charge in [-0.3, -0.25) is 0 Å². The van der Waals surface area contributed by atoms with E-state index in [1.807, 2.05) is 6.07 Å². The minimum Gasteiger partial charge on any atom is -0.149 e. The average Bonchev–Trinajstić information content (AvgIpc) is 2.30. The first-order chi connectivity index (χ1) is 7.66. The van der Waals surface area contributed by atoms with Gasteiger partial charge in [0.2, 0.25) is 0 Å². The van der Waals surface area contributed by atoms with E-state index in [9.17, 15) is 0 Å². The summed E-state index contributed by atoms with van der Waals surface area (Å²) in [6.45, 7) is 4.36. The molecule has 82 valence electrons. The van der Waals surface area contributed by atoms with Crippen LogP contribution in [-0.4, -0.2) is 10.2 Å². The molecule has 0 aliphatic rings. The van der Waals surface area contributed by atoms with Gasteiger partial charge >= 0.3 is 0 Å². The van der Waals surface area contributed by atoms with E-state index in [2.05, 4.69) is 48.3 Å². The van der Waals surface area contributed by atoms with Crippen molar-refractivity contribution >= 4 is 11.6 Å². The minimum atomic E-state index is 0.419. The Morgan fingerprint density at radius 2 is 1.62 bits per heavy atom. The van der Waals surface area contributed by atoms with Crippen molar-refractivity contribution in [1.29, 1.82) is 0 Å². The van der Waals surface area contributed by atoms with Crippen LogP contribution in [0.3, 0.4) is 0 Å². The second kappa shape index (κ2) is 4.62. The second-order valence-corrected chi connectivity index (χ2v) is 4.41. The van der Waals surface area contributed by atoms with Crippen LogP contribution < -0.4 is 0 Å². The second-order valence-electron chi connectivity index (χ2n) is 4.02. The molecule has 0 aliphatic carbocycles. The molecule has 16 heavy (non-hydrogen) atoms.